The number of benzene rings is 1. The van der Waals surface area contributed by atoms with E-state index in [0.717, 1.165) is 19.5 Å². The fourth-order valence-corrected chi connectivity index (χ4v) is 2.98. The zero-order chi connectivity index (χ0) is 15.4. The van der Waals surface area contributed by atoms with Gasteiger partial charge in [0.2, 0.25) is 5.91 Å². The first-order valence-corrected chi connectivity index (χ1v) is 7.39. The van der Waals surface area contributed by atoms with Gasteiger partial charge in [0.1, 0.15) is 0 Å². The summed E-state index contributed by atoms with van der Waals surface area (Å²) in [5.41, 5.74) is 6.38. The molecule has 122 valence electrons. The van der Waals surface area contributed by atoms with Crippen LogP contribution in [-0.2, 0) is 4.79 Å². The number of halogens is 1. The molecular weight excluding hydrogens is 302 g/mol. The van der Waals surface area contributed by atoms with E-state index in [1.54, 1.807) is 18.2 Å². The van der Waals surface area contributed by atoms with Crippen LogP contribution in [0.3, 0.4) is 0 Å². The number of carbonyl (C=O) groups excluding carboxylic acids is 2. The van der Waals surface area contributed by atoms with Gasteiger partial charge in [-0.05, 0) is 30.4 Å². The number of nitrogens with two attached hydrogens (primary N) is 1. The van der Waals surface area contributed by atoms with Crippen molar-refractivity contribution in [1.29, 1.82) is 0 Å². The second kappa shape index (κ2) is 8.15. The smallest absolute Gasteiger partial charge is 0.255 e. The topological polar surface area (TPSA) is 75.4 Å². The van der Waals surface area contributed by atoms with E-state index in [9.17, 15) is 9.59 Å². The largest absolute Gasteiger partial charge is 0.338 e. The number of para-hydroxylation sites is 1. The molecule has 0 aromatic heterocycles. The number of rotatable bonds is 3. The van der Waals surface area contributed by atoms with E-state index in [2.05, 4.69) is 19.2 Å². The van der Waals surface area contributed by atoms with Gasteiger partial charge in [0.15, 0.2) is 0 Å². The van der Waals surface area contributed by atoms with E-state index in [1.165, 1.54) is 0 Å². The number of nitrogens with one attached hydrogen (secondary N) is 1. The zero-order valence-electron chi connectivity index (χ0n) is 13.0. The number of amides is 2. The molecule has 0 saturated carbocycles. The average Bonchev–Trinajstić information content (AvgIpc) is 2.46. The Bertz CT molecular complexity index is 526. The van der Waals surface area contributed by atoms with Crippen LogP contribution in [0.2, 0.25) is 0 Å². The molecule has 5 nitrogen and oxygen atoms in total. The van der Waals surface area contributed by atoms with Gasteiger partial charge < -0.3 is 16.0 Å². The maximum Gasteiger partial charge on any atom is 0.255 e. The number of carbonyl (C=O) groups is 2. The summed E-state index contributed by atoms with van der Waals surface area (Å²) in [6.07, 6.45) is 1.15. The van der Waals surface area contributed by atoms with Crippen LogP contribution in [0.15, 0.2) is 24.3 Å². The summed E-state index contributed by atoms with van der Waals surface area (Å²) in [5.74, 6) is 0.684. The maximum atomic E-state index is 12.7. The lowest BCUT2D eigenvalue weighted by Crippen LogP contribution is -2.42. The number of anilines is 1. The third kappa shape index (κ3) is 4.45. The van der Waals surface area contributed by atoms with Crippen LogP contribution in [0.4, 0.5) is 5.69 Å². The van der Waals surface area contributed by atoms with Gasteiger partial charge in [-0.2, -0.15) is 0 Å². The summed E-state index contributed by atoms with van der Waals surface area (Å²) < 4.78 is 0. The first kappa shape index (κ1) is 18.5. The number of piperidine rings is 1. The SMILES string of the molecule is CC1CC(C)CN(C(=O)c2ccccc2NC(=O)CN)C1.Cl. The van der Waals surface area contributed by atoms with Crippen molar-refractivity contribution in [2.24, 2.45) is 17.6 Å². The Balaban J connectivity index is 0.00000242. The summed E-state index contributed by atoms with van der Waals surface area (Å²) in [6, 6.07) is 7.09. The molecule has 6 heteroatoms. The highest BCUT2D eigenvalue weighted by Crippen LogP contribution is 2.24. The lowest BCUT2D eigenvalue weighted by atomic mass is 9.91. The first-order valence-electron chi connectivity index (χ1n) is 7.39. The molecule has 2 rings (SSSR count). The molecule has 1 fully saturated rings. The van der Waals surface area contributed by atoms with Crippen LogP contribution < -0.4 is 11.1 Å². The van der Waals surface area contributed by atoms with Crippen molar-refractivity contribution in [2.75, 3.05) is 25.0 Å². The minimum absolute atomic E-state index is 0. The molecule has 1 saturated heterocycles. The van der Waals surface area contributed by atoms with Crippen molar-refractivity contribution < 1.29 is 9.59 Å². The first-order chi connectivity index (χ1) is 10.0. The van der Waals surface area contributed by atoms with Crippen LogP contribution in [0.1, 0.15) is 30.6 Å². The predicted molar refractivity (Wildman–Crippen MR) is 90.2 cm³/mol. The van der Waals surface area contributed by atoms with Gasteiger partial charge in [0, 0.05) is 13.1 Å². The van der Waals surface area contributed by atoms with E-state index in [-0.39, 0.29) is 30.8 Å². The Kier molecular flexibility index (Phi) is 6.84. The van der Waals surface area contributed by atoms with Gasteiger partial charge in [-0.1, -0.05) is 26.0 Å². The van der Waals surface area contributed by atoms with Gasteiger partial charge in [0.05, 0.1) is 17.8 Å². The molecule has 0 spiro atoms. The summed E-state index contributed by atoms with van der Waals surface area (Å²) in [6.45, 7) is 5.76. The molecule has 2 amide bonds. The van der Waals surface area contributed by atoms with E-state index < -0.39 is 0 Å². The quantitative estimate of drug-likeness (QED) is 0.893. The van der Waals surface area contributed by atoms with E-state index >= 15 is 0 Å². The van der Waals surface area contributed by atoms with E-state index in [1.807, 2.05) is 11.0 Å². The molecule has 0 bridgehead atoms. The van der Waals surface area contributed by atoms with Crippen LogP contribution in [0.25, 0.3) is 0 Å². The Labute approximate surface area is 137 Å². The molecule has 2 atom stereocenters. The molecule has 0 aliphatic carbocycles. The predicted octanol–water partition coefficient (Wildman–Crippen LogP) is 2.12. The second-order valence-corrected chi connectivity index (χ2v) is 5.95. The fourth-order valence-electron chi connectivity index (χ4n) is 2.98. The average molecular weight is 326 g/mol. The monoisotopic (exact) mass is 325 g/mol. The number of hydrogen-bond donors (Lipinski definition) is 2. The molecule has 2 unspecified atom stereocenters. The minimum atomic E-state index is -0.296. The van der Waals surface area contributed by atoms with Crippen molar-refractivity contribution in [2.45, 2.75) is 20.3 Å². The Morgan fingerprint density at radius 2 is 1.82 bits per heavy atom. The Hall–Kier alpha value is -1.59. The highest BCUT2D eigenvalue weighted by atomic mass is 35.5. The molecule has 3 N–H and O–H groups in total. The molecule has 1 aliphatic rings. The minimum Gasteiger partial charge on any atom is -0.338 e. The number of nitrogens with zero attached hydrogens (tertiary/aromatic N) is 1. The molecule has 1 aromatic rings. The van der Waals surface area contributed by atoms with Gasteiger partial charge in [-0.25, -0.2) is 0 Å². The van der Waals surface area contributed by atoms with Crippen LogP contribution in [-0.4, -0.2) is 36.3 Å². The third-order valence-electron chi connectivity index (χ3n) is 3.77. The van der Waals surface area contributed by atoms with Crippen molar-refractivity contribution in [3.05, 3.63) is 29.8 Å². The molecule has 1 aliphatic heterocycles. The van der Waals surface area contributed by atoms with Gasteiger partial charge in [0.25, 0.3) is 5.91 Å². The van der Waals surface area contributed by atoms with Crippen molar-refractivity contribution >= 4 is 29.9 Å². The third-order valence-corrected chi connectivity index (χ3v) is 3.77. The van der Waals surface area contributed by atoms with Crippen molar-refractivity contribution in [3.8, 4) is 0 Å². The normalized spacial score (nSPS) is 21.0. The second-order valence-electron chi connectivity index (χ2n) is 5.95. The summed E-state index contributed by atoms with van der Waals surface area (Å²) >= 11 is 0. The van der Waals surface area contributed by atoms with Crippen molar-refractivity contribution in [3.63, 3.8) is 0 Å². The highest BCUT2D eigenvalue weighted by molar-refractivity contribution is 6.04. The lowest BCUT2D eigenvalue weighted by molar-refractivity contribution is -0.114. The Morgan fingerprint density at radius 3 is 2.41 bits per heavy atom. The van der Waals surface area contributed by atoms with Gasteiger partial charge >= 0.3 is 0 Å². The highest BCUT2D eigenvalue weighted by Gasteiger charge is 2.27. The fraction of sp³-hybridized carbons (Fsp3) is 0.500. The lowest BCUT2D eigenvalue weighted by Gasteiger charge is -2.35. The molecule has 1 aromatic carbocycles. The number of likely N-dealkylation sites (tertiary alicyclic amines) is 1. The standard InChI is InChI=1S/C16H23N3O2.ClH/c1-11-7-12(2)10-19(9-11)16(21)13-5-3-4-6-14(13)18-15(20)8-17;/h3-6,11-12H,7-10,17H2,1-2H3,(H,18,20);1H. The molecule has 0 radical (unpaired) electrons. The number of hydrogen-bond acceptors (Lipinski definition) is 3. The molecule has 1 heterocycles. The van der Waals surface area contributed by atoms with Crippen LogP contribution >= 0.6 is 12.4 Å². The van der Waals surface area contributed by atoms with Gasteiger partial charge in [-0.3, -0.25) is 9.59 Å². The summed E-state index contributed by atoms with van der Waals surface area (Å²) in [7, 11) is 0. The molecule has 22 heavy (non-hydrogen) atoms. The van der Waals surface area contributed by atoms with Crippen LogP contribution in [0.5, 0.6) is 0 Å². The molecular formula is C16H24ClN3O2. The van der Waals surface area contributed by atoms with Crippen molar-refractivity contribution in [1.82, 2.24) is 4.90 Å². The van der Waals surface area contributed by atoms with Crippen LogP contribution in [0, 0.1) is 11.8 Å². The maximum absolute atomic E-state index is 12.7. The van der Waals surface area contributed by atoms with E-state index in [4.69, 9.17) is 5.73 Å². The summed E-state index contributed by atoms with van der Waals surface area (Å²) in [4.78, 5) is 26.1. The van der Waals surface area contributed by atoms with Gasteiger partial charge in [-0.15, -0.1) is 12.4 Å². The van der Waals surface area contributed by atoms with E-state index in [0.29, 0.717) is 23.1 Å². The summed E-state index contributed by atoms with van der Waals surface area (Å²) in [5, 5.41) is 2.69. The Morgan fingerprint density at radius 1 is 1.23 bits per heavy atom. The zero-order valence-corrected chi connectivity index (χ0v) is 13.9.